The van der Waals surface area contributed by atoms with E-state index in [0.29, 0.717) is 18.1 Å². The third kappa shape index (κ3) is 5.56. The summed E-state index contributed by atoms with van der Waals surface area (Å²) in [4.78, 5) is 11.9. The largest absolute Gasteiger partial charge is 0.487 e. The van der Waals surface area contributed by atoms with E-state index in [-0.39, 0.29) is 5.76 Å². The SMILES string of the molecule is Cc1ccc(C(=O)N/N=C\c2cc(Br)c(OCc3ccc(Br)cc3)c(Br)c2)o1. The van der Waals surface area contributed by atoms with Gasteiger partial charge in [0.2, 0.25) is 0 Å². The van der Waals surface area contributed by atoms with Gasteiger partial charge in [-0.2, -0.15) is 5.10 Å². The zero-order valence-corrected chi connectivity index (χ0v) is 19.5. The van der Waals surface area contributed by atoms with Gasteiger partial charge in [0.05, 0.1) is 15.2 Å². The Labute approximate surface area is 187 Å². The Morgan fingerprint density at radius 3 is 2.39 bits per heavy atom. The lowest BCUT2D eigenvalue weighted by atomic mass is 10.2. The Balaban J connectivity index is 1.63. The van der Waals surface area contributed by atoms with Crippen LogP contribution in [0.4, 0.5) is 0 Å². The van der Waals surface area contributed by atoms with Gasteiger partial charge in [-0.1, -0.05) is 28.1 Å². The van der Waals surface area contributed by atoms with E-state index in [9.17, 15) is 4.79 Å². The van der Waals surface area contributed by atoms with E-state index in [1.54, 1.807) is 25.3 Å². The first-order valence-electron chi connectivity index (χ1n) is 8.18. The van der Waals surface area contributed by atoms with E-state index < -0.39 is 5.91 Å². The highest BCUT2D eigenvalue weighted by atomic mass is 79.9. The highest BCUT2D eigenvalue weighted by molar-refractivity contribution is 9.11. The summed E-state index contributed by atoms with van der Waals surface area (Å²) >= 11 is 10.5. The standard InChI is InChI=1S/C20H15Br3N2O3/c1-12-2-7-18(28-12)20(26)25-24-10-14-8-16(22)19(17(23)9-14)27-11-13-3-5-15(21)6-4-13/h2-10H,11H2,1H3,(H,25,26)/b24-10-. The fourth-order valence-corrected chi connectivity index (χ4v) is 4.02. The van der Waals surface area contributed by atoms with E-state index in [1.807, 2.05) is 36.4 Å². The number of carbonyl (C=O) groups excluding carboxylic acids is 1. The molecule has 0 saturated carbocycles. The second kappa shape index (κ2) is 9.54. The maximum atomic E-state index is 11.9. The number of carbonyl (C=O) groups is 1. The van der Waals surface area contributed by atoms with Gasteiger partial charge in [0.25, 0.3) is 0 Å². The lowest BCUT2D eigenvalue weighted by Crippen LogP contribution is -2.16. The van der Waals surface area contributed by atoms with Crippen LogP contribution in [0.2, 0.25) is 0 Å². The Kier molecular flexibility index (Phi) is 7.09. The molecule has 3 rings (SSSR count). The van der Waals surface area contributed by atoms with Crippen LogP contribution >= 0.6 is 47.8 Å². The molecule has 0 aliphatic carbocycles. The monoisotopic (exact) mass is 568 g/mol. The fraction of sp³-hybridized carbons (Fsp3) is 0.100. The first kappa shape index (κ1) is 20.8. The average Bonchev–Trinajstić information content (AvgIpc) is 3.09. The molecule has 0 spiro atoms. The predicted molar refractivity (Wildman–Crippen MR) is 119 cm³/mol. The van der Waals surface area contributed by atoms with Crippen molar-refractivity contribution in [2.75, 3.05) is 0 Å². The zero-order valence-electron chi connectivity index (χ0n) is 14.7. The molecule has 8 heteroatoms. The quantitative estimate of drug-likeness (QED) is 0.283. The third-order valence-electron chi connectivity index (χ3n) is 3.66. The Morgan fingerprint density at radius 2 is 1.79 bits per heavy atom. The van der Waals surface area contributed by atoms with Crippen LogP contribution in [-0.2, 0) is 6.61 Å². The van der Waals surface area contributed by atoms with Gasteiger partial charge in [0.15, 0.2) is 5.76 Å². The normalized spacial score (nSPS) is 11.0. The molecule has 1 amide bonds. The summed E-state index contributed by atoms with van der Waals surface area (Å²) in [6.45, 7) is 2.21. The molecule has 0 aliphatic rings. The molecule has 0 unspecified atom stereocenters. The molecule has 1 aromatic heterocycles. The number of ether oxygens (including phenoxy) is 1. The number of nitrogens with one attached hydrogen (secondary N) is 1. The minimum absolute atomic E-state index is 0.216. The number of hydrogen-bond donors (Lipinski definition) is 1. The summed E-state index contributed by atoms with van der Waals surface area (Å²) < 4.78 is 13.7. The van der Waals surface area contributed by atoms with Crippen molar-refractivity contribution in [2.24, 2.45) is 5.10 Å². The molecule has 0 saturated heterocycles. The number of rotatable bonds is 6. The van der Waals surface area contributed by atoms with Crippen LogP contribution in [0.5, 0.6) is 5.75 Å². The van der Waals surface area contributed by atoms with Crippen molar-refractivity contribution in [1.29, 1.82) is 0 Å². The van der Waals surface area contributed by atoms with Crippen LogP contribution in [0, 0.1) is 6.92 Å². The van der Waals surface area contributed by atoms with Gasteiger partial charge < -0.3 is 9.15 Å². The van der Waals surface area contributed by atoms with Crippen molar-refractivity contribution in [3.8, 4) is 5.75 Å². The molecule has 5 nitrogen and oxygen atoms in total. The maximum absolute atomic E-state index is 11.9. The van der Waals surface area contributed by atoms with Crippen LogP contribution in [0.3, 0.4) is 0 Å². The van der Waals surface area contributed by atoms with E-state index in [1.165, 1.54) is 0 Å². The van der Waals surface area contributed by atoms with Gasteiger partial charge in [-0.15, -0.1) is 0 Å². The molecule has 3 aromatic rings. The van der Waals surface area contributed by atoms with Crippen molar-refractivity contribution < 1.29 is 13.9 Å². The summed E-state index contributed by atoms with van der Waals surface area (Å²) in [5, 5.41) is 3.97. The molecule has 0 atom stereocenters. The van der Waals surface area contributed by atoms with E-state index >= 15 is 0 Å². The van der Waals surface area contributed by atoms with Crippen molar-refractivity contribution in [3.05, 3.63) is 84.6 Å². The van der Waals surface area contributed by atoms with Gasteiger partial charge in [0, 0.05) is 4.47 Å². The lowest BCUT2D eigenvalue weighted by molar-refractivity contribution is 0.0926. The Morgan fingerprint density at radius 1 is 1.11 bits per heavy atom. The van der Waals surface area contributed by atoms with Crippen LogP contribution in [0.1, 0.15) is 27.4 Å². The summed E-state index contributed by atoms with van der Waals surface area (Å²) in [6, 6.07) is 15.0. The van der Waals surface area contributed by atoms with Gasteiger partial charge in [-0.3, -0.25) is 4.79 Å². The second-order valence-corrected chi connectivity index (χ2v) is 8.46. The number of hydrazone groups is 1. The number of benzene rings is 2. The number of hydrogen-bond acceptors (Lipinski definition) is 4. The van der Waals surface area contributed by atoms with E-state index in [2.05, 4.69) is 58.3 Å². The molecular formula is C20H15Br3N2O3. The highest BCUT2D eigenvalue weighted by Crippen LogP contribution is 2.35. The molecule has 1 heterocycles. The van der Waals surface area contributed by atoms with Crippen molar-refractivity contribution in [3.63, 3.8) is 0 Å². The molecule has 144 valence electrons. The first-order valence-corrected chi connectivity index (χ1v) is 10.6. The first-order chi connectivity index (χ1) is 13.4. The molecular weight excluding hydrogens is 556 g/mol. The Hall–Kier alpha value is -1.90. The highest BCUT2D eigenvalue weighted by Gasteiger charge is 2.10. The molecule has 28 heavy (non-hydrogen) atoms. The fourth-order valence-electron chi connectivity index (χ4n) is 2.31. The zero-order chi connectivity index (χ0) is 20.1. The van der Waals surface area contributed by atoms with E-state index in [0.717, 1.165) is 24.5 Å². The number of aryl methyl sites for hydroxylation is 1. The molecule has 0 radical (unpaired) electrons. The van der Waals surface area contributed by atoms with Crippen molar-refractivity contribution in [2.45, 2.75) is 13.5 Å². The molecule has 1 N–H and O–H groups in total. The summed E-state index contributed by atoms with van der Waals surface area (Å²) in [7, 11) is 0. The average molecular weight is 571 g/mol. The van der Waals surface area contributed by atoms with Crippen molar-refractivity contribution in [1.82, 2.24) is 5.43 Å². The second-order valence-electron chi connectivity index (χ2n) is 5.84. The minimum atomic E-state index is -0.406. The van der Waals surface area contributed by atoms with Gasteiger partial charge in [0.1, 0.15) is 18.1 Å². The molecule has 0 fully saturated rings. The smallest absolute Gasteiger partial charge is 0.307 e. The number of halogens is 3. The molecule has 0 bridgehead atoms. The van der Waals surface area contributed by atoms with Crippen LogP contribution in [0.15, 0.2) is 71.5 Å². The predicted octanol–water partition coefficient (Wildman–Crippen LogP) is 6.22. The van der Waals surface area contributed by atoms with Crippen LogP contribution in [-0.4, -0.2) is 12.1 Å². The number of furan rings is 1. The van der Waals surface area contributed by atoms with Crippen LogP contribution in [0.25, 0.3) is 0 Å². The van der Waals surface area contributed by atoms with Gasteiger partial charge in [-0.05, 0) is 86.3 Å². The summed E-state index contributed by atoms with van der Waals surface area (Å²) in [5.41, 5.74) is 4.28. The lowest BCUT2D eigenvalue weighted by Gasteiger charge is -2.11. The van der Waals surface area contributed by atoms with Gasteiger partial charge >= 0.3 is 5.91 Å². The van der Waals surface area contributed by atoms with Crippen LogP contribution < -0.4 is 10.2 Å². The number of amides is 1. The Bertz CT molecular complexity index is 991. The van der Waals surface area contributed by atoms with Gasteiger partial charge in [-0.25, -0.2) is 5.43 Å². The summed E-state index contributed by atoms with van der Waals surface area (Å²) in [6.07, 6.45) is 1.54. The number of nitrogens with zero attached hydrogens (tertiary/aromatic N) is 1. The maximum Gasteiger partial charge on any atom is 0.307 e. The van der Waals surface area contributed by atoms with E-state index in [4.69, 9.17) is 9.15 Å². The molecule has 0 aliphatic heterocycles. The molecule has 2 aromatic carbocycles. The summed E-state index contributed by atoms with van der Waals surface area (Å²) in [5.74, 6) is 1.17. The van der Waals surface area contributed by atoms with Crippen molar-refractivity contribution >= 4 is 59.9 Å². The minimum Gasteiger partial charge on any atom is -0.487 e. The third-order valence-corrected chi connectivity index (χ3v) is 5.37. The topological polar surface area (TPSA) is 63.8 Å².